The van der Waals surface area contributed by atoms with Crippen LogP contribution in [0.3, 0.4) is 0 Å². The van der Waals surface area contributed by atoms with Gasteiger partial charge in [-0.1, -0.05) is 19.3 Å². The first-order valence-electron chi connectivity index (χ1n) is 6.54. The first-order valence-corrected chi connectivity index (χ1v) is 6.54. The Morgan fingerprint density at radius 2 is 1.88 bits per heavy atom. The highest BCUT2D eigenvalue weighted by atomic mass is 16.2. The number of imide groups is 1. The molecule has 2 aliphatic rings. The van der Waals surface area contributed by atoms with Crippen molar-refractivity contribution in [3.63, 3.8) is 0 Å². The highest BCUT2D eigenvalue weighted by molar-refractivity contribution is 6.07. The van der Waals surface area contributed by atoms with Crippen molar-refractivity contribution in [1.82, 2.24) is 10.2 Å². The predicted molar refractivity (Wildman–Crippen MR) is 64.3 cm³/mol. The van der Waals surface area contributed by atoms with E-state index in [1.165, 1.54) is 4.90 Å². The SMILES string of the molecule is NCCCCCN1C(=O)NC2(CCCC2)C1=O. The third-order valence-electron chi connectivity index (χ3n) is 3.79. The first kappa shape index (κ1) is 12.4. The van der Waals surface area contributed by atoms with Gasteiger partial charge in [-0.2, -0.15) is 0 Å². The average molecular weight is 239 g/mol. The van der Waals surface area contributed by atoms with Gasteiger partial charge in [-0.15, -0.1) is 0 Å². The Hall–Kier alpha value is -1.10. The van der Waals surface area contributed by atoms with Gasteiger partial charge in [0.1, 0.15) is 5.54 Å². The van der Waals surface area contributed by atoms with Gasteiger partial charge in [0.2, 0.25) is 0 Å². The lowest BCUT2D eigenvalue weighted by Gasteiger charge is -2.19. The van der Waals surface area contributed by atoms with Crippen molar-refractivity contribution in [3.8, 4) is 0 Å². The molecule has 0 bridgehead atoms. The maximum atomic E-state index is 12.2. The summed E-state index contributed by atoms with van der Waals surface area (Å²) in [7, 11) is 0. The smallest absolute Gasteiger partial charge is 0.325 e. The fourth-order valence-corrected chi connectivity index (χ4v) is 2.79. The molecule has 17 heavy (non-hydrogen) atoms. The lowest BCUT2D eigenvalue weighted by atomic mass is 9.98. The predicted octanol–water partition coefficient (Wildman–Crippen LogP) is 0.980. The highest BCUT2D eigenvalue weighted by Gasteiger charge is 2.51. The molecule has 1 spiro atoms. The van der Waals surface area contributed by atoms with Crippen LogP contribution in [0.5, 0.6) is 0 Å². The molecule has 0 atom stereocenters. The Kier molecular flexibility index (Phi) is 3.66. The molecule has 5 heteroatoms. The molecule has 0 aromatic heterocycles. The Morgan fingerprint density at radius 1 is 1.18 bits per heavy atom. The van der Waals surface area contributed by atoms with Crippen molar-refractivity contribution >= 4 is 11.9 Å². The summed E-state index contributed by atoms with van der Waals surface area (Å²) in [6, 6.07) is -0.204. The topological polar surface area (TPSA) is 75.4 Å². The van der Waals surface area contributed by atoms with Crippen LogP contribution in [0.4, 0.5) is 4.79 Å². The molecule has 2 fully saturated rings. The van der Waals surface area contributed by atoms with Gasteiger partial charge in [-0.05, 0) is 32.2 Å². The van der Waals surface area contributed by atoms with Crippen LogP contribution in [-0.4, -0.2) is 35.5 Å². The van der Waals surface area contributed by atoms with Crippen LogP contribution in [0.15, 0.2) is 0 Å². The molecule has 1 saturated carbocycles. The molecular weight excluding hydrogens is 218 g/mol. The second-order valence-corrected chi connectivity index (χ2v) is 5.03. The molecule has 2 rings (SSSR count). The van der Waals surface area contributed by atoms with E-state index in [4.69, 9.17) is 5.73 Å². The monoisotopic (exact) mass is 239 g/mol. The quantitative estimate of drug-likeness (QED) is 0.554. The third-order valence-corrected chi connectivity index (χ3v) is 3.79. The summed E-state index contributed by atoms with van der Waals surface area (Å²) in [5, 5.41) is 2.88. The fourth-order valence-electron chi connectivity index (χ4n) is 2.79. The second kappa shape index (κ2) is 5.04. The van der Waals surface area contributed by atoms with E-state index in [-0.39, 0.29) is 11.9 Å². The van der Waals surface area contributed by atoms with Crippen molar-refractivity contribution in [2.75, 3.05) is 13.1 Å². The van der Waals surface area contributed by atoms with Gasteiger partial charge in [0.05, 0.1) is 0 Å². The molecule has 1 aliphatic heterocycles. The molecular formula is C12H21N3O2. The number of nitrogens with one attached hydrogen (secondary N) is 1. The number of urea groups is 1. The van der Waals surface area contributed by atoms with Crippen LogP contribution >= 0.6 is 0 Å². The van der Waals surface area contributed by atoms with Gasteiger partial charge in [-0.3, -0.25) is 9.69 Å². The van der Waals surface area contributed by atoms with Crippen LogP contribution < -0.4 is 11.1 Å². The van der Waals surface area contributed by atoms with Crippen LogP contribution in [0.25, 0.3) is 0 Å². The number of hydrogen-bond acceptors (Lipinski definition) is 3. The Bertz CT molecular complexity index is 311. The largest absolute Gasteiger partial charge is 0.330 e. The van der Waals surface area contributed by atoms with E-state index in [0.29, 0.717) is 13.1 Å². The zero-order valence-corrected chi connectivity index (χ0v) is 10.2. The first-order chi connectivity index (χ1) is 8.19. The Morgan fingerprint density at radius 3 is 2.53 bits per heavy atom. The number of amides is 3. The van der Waals surface area contributed by atoms with E-state index in [1.54, 1.807) is 0 Å². The molecule has 1 heterocycles. The summed E-state index contributed by atoms with van der Waals surface area (Å²) in [6.07, 6.45) is 6.45. The summed E-state index contributed by atoms with van der Waals surface area (Å²) in [5.41, 5.74) is 4.86. The number of unbranched alkanes of at least 4 members (excludes halogenated alkanes) is 2. The van der Waals surface area contributed by atoms with E-state index >= 15 is 0 Å². The van der Waals surface area contributed by atoms with E-state index in [2.05, 4.69) is 5.32 Å². The van der Waals surface area contributed by atoms with Crippen LogP contribution in [-0.2, 0) is 4.79 Å². The van der Waals surface area contributed by atoms with Crippen molar-refractivity contribution in [2.24, 2.45) is 5.73 Å². The molecule has 1 saturated heterocycles. The van der Waals surface area contributed by atoms with E-state index in [0.717, 1.165) is 44.9 Å². The van der Waals surface area contributed by atoms with Gasteiger partial charge in [0.15, 0.2) is 0 Å². The Labute approximate surface area is 102 Å². The van der Waals surface area contributed by atoms with Gasteiger partial charge >= 0.3 is 6.03 Å². The molecule has 0 radical (unpaired) electrons. The van der Waals surface area contributed by atoms with Crippen molar-refractivity contribution in [2.45, 2.75) is 50.5 Å². The summed E-state index contributed by atoms with van der Waals surface area (Å²) in [5.74, 6) is -0.00671. The number of rotatable bonds is 5. The second-order valence-electron chi connectivity index (χ2n) is 5.03. The standard InChI is InChI=1S/C12H21N3O2/c13-8-4-1-5-9-15-10(16)12(14-11(15)17)6-2-3-7-12/h1-9,13H2,(H,14,17). The summed E-state index contributed by atoms with van der Waals surface area (Å²) in [6.45, 7) is 1.20. The van der Waals surface area contributed by atoms with Gasteiger partial charge in [0.25, 0.3) is 5.91 Å². The van der Waals surface area contributed by atoms with Gasteiger partial charge in [0, 0.05) is 6.54 Å². The molecule has 1 aliphatic carbocycles. The fraction of sp³-hybridized carbons (Fsp3) is 0.833. The lowest BCUT2D eigenvalue weighted by molar-refractivity contribution is -0.131. The number of carbonyl (C=O) groups excluding carboxylic acids is 2. The summed E-state index contributed by atoms with van der Waals surface area (Å²) >= 11 is 0. The minimum atomic E-state index is -0.551. The van der Waals surface area contributed by atoms with E-state index < -0.39 is 5.54 Å². The van der Waals surface area contributed by atoms with Crippen LogP contribution in [0.2, 0.25) is 0 Å². The van der Waals surface area contributed by atoms with Crippen LogP contribution in [0.1, 0.15) is 44.9 Å². The van der Waals surface area contributed by atoms with Crippen molar-refractivity contribution in [1.29, 1.82) is 0 Å². The number of carbonyl (C=O) groups is 2. The lowest BCUT2D eigenvalue weighted by Crippen LogP contribution is -2.44. The normalized spacial score (nSPS) is 22.5. The molecule has 3 N–H and O–H groups in total. The van der Waals surface area contributed by atoms with Crippen molar-refractivity contribution < 1.29 is 9.59 Å². The molecule has 5 nitrogen and oxygen atoms in total. The van der Waals surface area contributed by atoms with E-state index in [9.17, 15) is 9.59 Å². The Balaban J connectivity index is 1.90. The molecule has 0 aromatic carbocycles. The maximum Gasteiger partial charge on any atom is 0.325 e. The minimum Gasteiger partial charge on any atom is -0.330 e. The van der Waals surface area contributed by atoms with E-state index in [1.807, 2.05) is 0 Å². The number of hydrogen-bond donors (Lipinski definition) is 2. The minimum absolute atomic E-state index is 0.00671. The summed E-state index contributed by atoms with van der Waals surface area (Å²) < 4.78 is 0. The summed E-state index contributed by atoms with van der Waals surface area (Å²) in [4.78, 5) is 25.4. The number of nitrogens with zero attached hydrogens (tertiary/aromatic N) is 1. The number of nitrogens with two attached hydrogens (primary N) is 1. The van der Waals surface area contributed by atoms with Crippen molar-refractivity contribution in [3.05, 3.63) is 0 Å². The highest BCUT2D eigenvalue weighted by Crippen LogP contribution is 2.35. The molecule has 96 valence electrons. The average Bonchev–Trinajstić information content (AvgIpc) is 2.85. The van der Waals surface area contributed by atoms with Gasteiger partial charge < -0.3 is 11.1 Å². The third kappa shape index (κ3) is 2.29. The van der Waals surface area contributed by atoms with Gasteiger partial charge in [-0.25, -0.2) is 4.79 Å². The molecule has 0 aromatic rings. The molecule has 3 amide bonds. The maximum absolute atomic E-state index is 12.2. The zero-order valence-electron chi connectivity index (χ0n) is 10.2. The van der Waals surface area contributed by atoms with Crippen LogP contribution in [0, 0.1) is 0 Å². The molecule has 0 unspecified atom stereocenters. The zero-order chi connectivity index (χ0) is 12.3.